The first-order chi connectivity index (χ1) is 5.20. The van der Waals surface area contributed by atoms with E-state index in [9.17, 15) is 0 Å². The highest BCUT2D eigenvalue weighted by molar-refractivity contribution is 7.07. The summed E-state index contributed by atoms with van der Waals surface area (Å²) in [7, 11) is 0. The molecule has 0 fully saturated rings. The Morgan fingerprint density at radius 2 is 2.27 bits per heavy atom. The summed E-state index contributed by atoms with van der Waals surface area (Å²) in [6.45, 7) is 4.24. The molecule has 0 saturated heterocycles. The molecule has 0 N–H and O–H groups in total. The number of alkyl halides is 1. The van der Waals surface area contributed by atoms with Crippen LogP contribution in [0.3, 0.4) is 0 Å². The van der Waals surface area contributed by atoms with Gasteiger partial charge in [-0.3, -0.25) is 0 Å². The van der Waals surface area contributed by atoms with E-state index in [0.717, 1.165) is 6.42 Å². The van der Waals surface area contributed by atoms with Crippen molar-refractivity contribution in [1.82, 2.24) is 0 Å². The first kappa shape index (κ1) is 9.08. The third kappa shape index (κ3) is 2.84. The predicted molar refractivity (Wildman–Crippen MR) is 52.5 cm³/mol. The minimum atomic E-state index is 0.273. The van der Waals surface area contributed by atoms with Crippen molar-refractivity contribution < 1.29 is 0 Å². The molecule has 0 aliphatic carbocycles. The molecule has 2 heteroatoms. The number of hydrogen-bond acceptors (Lipinski definition) is 1. The Balaban J connectivity index is 2.43. The van der Waals surface area contributed by atoms with Crippen molar-refractivity contribution >= 4 is 22.9 Å². The SMILES string of the molecule is CC(Cl)C(C)Cc1ccsc1. The van der Waals surface area contributed by atoms with Gasteiger partial charge in [-0.15, -0.1) is 11.6 Å². The predicted octanol–water partition coefficient (Wildman–Crippen LogP) is 3.55. The van der Waals surface area contributed by atoms with Crippen LogP contribution >= 0.6 is 22.9 Å². The topological polar surface area (TPSA) is 0 Å². The zero-order valence-electron chi connectivity index (χ0n) is 6.88. The van der Waals surface area contributed by atoms with Crippen LogP contribution < -0.4 is 0 Å². The second-order valence-electron chi connectivity index (χ2n) is 2.99. The summed E-state index contributed by atoms with van der Waals surface area (Å²) >= 11 is 7.70. The molecule has 1 heterocycles. The second-order valence-corrected chi connectivity index (χ2v) is 4.46. The Kier molecular flexibility index (Phi) is 3.41. The van der Waals surface area contributed by atoms with Gasteiger partial charge >= 0.3 is 0 Å². The number of thiophene rings is 1. The molecule has 1 rings (SSSR count). The zero-order valence-corrected chi connectivity index (χ0v) is 8.45. The van der Waals surface area contributed by atoms with Crippen LogP contribution in [0.15, 0.2) is 16.8 Å². The summed E-state index contributed by atoms with van der Waals surface area (Å²) in [5, 5.41) is 4.58. The molecule has 2 unspecified atom stereocenters. The van der Waals surface area contributed by atoms with Crippen molar-refractivity contribution in [2.75, 3.05) is 0 Å². The van der Waals surface area contributed by atoms with Gasteiger partial charge in [0.05, 0.1) is 0 Å². The Bertz CT molecular complexity index is 191. The lowest BCUT2D eigenvalue weighted by Gasteiger charge is -2.11. The fourth-order valence-corrected chi connectivity index (χ4v) is 1.71. The van der Waals surface area contributed by atoms with E-state index >= 15 is 0 Å². The largest absolute Gasteiger partial charge is 0.152 e. The van der Waals surface area contributed by atoms with Gasteiger partial charge in [0.15, 0.2) is 0 Å². The molecule has 0 bridgehead atoms. The van der Waals surface area contributed by atoms with Gasteiger partial charge in [0.25, 0.3) is 0 Å². The lowest BCUT2D eigenvalue weighted by molar-refractivity contribution is 0.569. The molecule has 1 aromatic heterocycles. The molecule has 0 aliphatic rings. The third-order valence-electron chi connectivity index (χ3n) is 1.92. The molecule has 0 aliphatic heterocycles. The summed E-state index contributed by atoms with van der Waals surface area (Å²) in [5.74, 6) is 0.575. The highest BCUT2D eigenvalue weighted by Crippen LogP contribution is 2.17. The molecular formula is C9H13ClS. The molecule has 2 atom stereocenters. The van der Waals surface area contributed by atoms with Crippen molar-refractivity contribution in [2.24, 2.45) is 5.92 Å². The molecular weight excluding hydrogens is 176 g/mol. The van der Waals surface area contributed by atoms with Crippen LogP contribution in [-0.4, -0.2) is 5.38 Å². The van der Waals surface area contributed by atoms with E-state index < -0.39 is 0 Å². The average molecular weight is 189 g/mol. The molecule has 62 valence electrons. The van der Waals surface area contributed by atoms with Crippen LogP contribution in [0.1, 0.15) is 19.4 Å². The van der Waals surface area contributed by atoms with Gasteiger partial charge in [-0.1, -0.05) is 6.92 Å². The minimum Gasteiger partial charge on any atom is -0.152 e. The van der Waals surface area contributed by atoms with Gasteiger partial charge in [-0.2, -0.15) is 11.3 Å². The van der Waals surface area contributed by atoms with Crippen molar-refractivity contribution in [3.05, 3.63) is 22.4 Å². The van der Waals surface area contributed by atoms with E-state index in [4.69, 9.17) is 11.6 Å². The second kappa shape index (κ2) is 4.13. The van der Waals surface area contributed by atoms with Crippen LogP contribution in [0.4, 0.5) is 0 Å². The maximum atomic E-state index is 5.95. The molecule has 0 nitrogen and oxygen atoms in total. The van der Waals surface area contributed by atoms with Crippen molar-refractivity contribution in [3.8, 4) is 0 Å². The third-order valence-corrected chi connectivity index (χ3v) is 3.08. The smallest absolute Gasteiger partial charge is 0.0336 e. The van der Waals surface area contributed by atoms with Crippen molar-refractivity contribution in [2.45, 2.75) is 25.6 Å². The van der Waals surface area contributed by atoms with E-state index in [1.165, 1.54) is 5.56 Å². The van der Waals surface area contributed by atoms with Crippen LogP contribution in [0.25, 0.3) is 0 Å². The molecule has 0 saturated carbocycles. The standard InChI is InChI=1S/C9H13ClS/c1-7(8(2)10)5-9-3-4-11-6-9/h3-4,6-8H,5H2,1-2H3. The van der Waals surface area contributed by atoms with Crippen LogP contribution in [0.2, 0.25) is 0 Å². The first-order valence-electron chi connectivity index (χ1n) is 3.85. The number of hydrogen-bond donors (Lipinski definition) is 0. The Morgan fingerprint density at radius 3 is 2.73 bits per heavy atom. The van der Waals surface area contributed by atoms with Gasteiger partial charge < -0.3 is 0 Å². The summed E-state index contributed by atoms with van der Waals surface area (Å²) in [4.78, 5) is 0. The summed E-state index contributed by atoms with van der Waals surface area (Å²) in [5.41, 5.74) is 1.41. The van der Waals surface area contributed by atoms with E-state index in [0.29, 0.717) is 5.92 Å². The van der Waals surface area contributed by atoms with E-state index in [1.807, 2.05) is 0 Å². The first-order valence-corrected chi connectivity index (χ1v) is 5.23. The van der Waals surface area contributed by atoms with E-state index in [1.54, 1.807) is 11.3 Å². The normalized spacial score (nSPS) is 16.3. The fraction of sp³-hybridized carbons (Fsp3) is 0.556. The quantitative estimate of drug-likeness (QED) is 0.637. The summed E-state index contributed by atoms with van der Waals surface area (Å²) in [6.07, 6.45) is 1.11. The van der Waals surface area contributed by atoms with Gasteiger partial charge in [-0.05, 0) is 41.7 Å². The maximum absolute atomic E-state index is 5.95. The number of halogens is 1. The molecule has 0 amide bonds. The highest BCUT2D eigenvalue weighted by Gasteiger charge is 2.09. The molecule has 0 aromatic carbocycles. The van der Waals surface area contributed by atoms with Crippen molar-refractivity contribution in [3.63, 3.8) is 0 Å². The van der Waals surface area contributed by atoms with Crippen LogP contribution in [0.5, 0.6) is 0 Å². The Morgan fingerprint density at radius 1 is 1.55 bits per heavy atom. The van der Waals surface area contributed by atoms with Gasteiger partial charge in [0.1, 0.15) is 0 Å². The van der Waals surface area contributed by atoms with Gasteiger partial charge in [-0.25, -0.2) is 0 Å². The molecule has 0 radical (unpaired) electrons. The molecule has 0 spiro atoms. The zero-order chi connectivity index (χ0) is 8.27. The van der Waals surface area contributed by atoms with E-state index in [2.05, 4.69) is 30.7 Å². The van der Waals surface area contributed by atoms with Crippen LogP contribution in [-0.2, 0) is 6.42 Å². The molecule has 1 aromatic rings. The van der Waals surface area contributed by atoms with Crippen molar-refractivity contribution in [1.29, 1.82) is 0 Å². The average Bonchev–Trinajstić information content (AvgIpc) is 2.39. The van der Waals surface area contributed by atoms with Crippen LogP contribution in [0, 0.1) is 5.92 Å². The lowest BCUT2D eigenvalue weighted by atomic mass is 10.0. The lowest BCUT2D eigenvalue weighted by Crippen LogP contribution is -2.09. The Hall–Kier alpha value is -0.0100. The maximum Gasteiger partial charge on any atom is 0.0336 e. The number of rotatable bonds is 3. The summed E-state index contributed by atoms with van der Waals surface area (Å²) < 4.78 is 0. The summed E-state index contributed by atoms with van der Waals surface area (Å²) in [6, 6.07) is 2.17. The monoisotopic (exact) mass is 188 g/mol. The minimum absolute atomic E-state index is 0.273. The fourth-order valence-electron chi connectivity index (χ4n) is 0.943. The van der Waals surface area contributed by atoms with Gasteiger partial charge in [0, 0.05) is 5.38 Å². The van der Waals surface area contributed by atoms with Gasteiger partial charge in [0.2, 0.25) is 0 Å². The molecule has 11 heavy (non-hydrogen) atoms. The Labute approximate surface area is 77.2 Å². The highest BCUT2D eigenvalue weighted by atomic mass is 35.5. The van der Waals surface area contributed by atoms with E-state index in [-0.39, 0.29) is 5.38 Å².